The van der Waals surface area contributed by atoms with Crippen LogP contribution in [-0.4, -0.2) is 15.5 Å². The van der Waals surface area contributed by atoms with Crippen molar-refractivity contribution in [1.82, 2.24) is 14.9 Å². The molecule has 5 nitrogen and oxygen atoms in total. The van der Waals surface area contributed by atoms with Gasteiger partial charge in [-0.1, -0.05) is 38.1 Å². The van der Waals surface area contributed by atoms with E-state index in [4.69, 9.17) is 0 Å². The molecule has 0 saturated heterocycles. The van der Waals surface area contributed by atoms with Crippen molar-refractivity contribution in [2.75, 3.05) is 0 Å². The number of hydrogen-bond donors (Lipinski definition) is 1. The fourth-order valence-electron chi connectivity index (χ4n) is 2.83. The maximum atomic E-state index is 12.7. The third-order valence-corrected chi connectivity index (χ3v) is 3.98. The summed E-state index contributed by atoms with van der Waals surface area (Å²) in [5.41, 5.74) is 1.38. The van der Waals surface area contributed by atoms with Gasteiger partial charge in [0.05, 0.1) is 5.56 Å². The third kappa shape index (κ3) is 3.76. The average molecular weight is 335 g/mol. The van der Waals surface area contributed by atoms with Crippen LogP contribution in [0.15, 0.2) is 59.8 Å². The molecule has 3 aromatic rings. The Bertz CT molecular complexity index is 946. The highest BCUT2D eigenvalue weighted by Gasteiger charge is 2.15. The lowest BCUT2D eigenvalue weighted by molar-refractivity contribution is 0.0951. The summed E-state index contributed by atoms with van der Waals surface area (Å²) in [5.74, 6) is 0.114. The SMILES string of the molecule is CC(C)Cn1cc(C(=O)NCc2cccnc2)c2ccccc2c1=O. The summed E-state index contributed by atoms with van der Waals surface area (Å²) in [6.07, 6.45) is 5.09. The Hall–Kier alpha value is -2.95. The van der Waals surface area contributed by atoms with Gasteiger partial charge in [0.25, 0.3) is 11.5 Å². The molecule has 0 aliphatic carbocycles. The zero-order chi connectivity index (χ0) is 17.8. The summed E-state index contributed by atoms with van der Waals surface area (Å²) in [7, 11) is 0. The fraction of sp³-hybridized carbons (Fsp3) is 0.250. The molecular weight excluding hydrogens is 314 g/mol. The molecule has 0 fully saturated rings. The molecule has 2 heterocycles. The summed E-state index contributed by atoms with van der Waals surface area (Å²) in [6.45, 7) is 5.06. The number of nitrogens with one attached hydrogen (secondary N) is 1. The van der Waals surface area contributed by atoms with E-state index in [1.54, 1.807) is 29.2 Å². The Morgan fingerprint density at radius 2 is 1.92 bits per heavy atom. The number of hydrogen-bond acceptors (Lipinski definition) is 3. The van der Waals surface area contributed by atoms with Crippen LogP contribution in [-0.2, 0) is 13.1 Å². The predicted molar refractivity (Wildman–Crippen MR) is 98.5 cm³/mol. The Balaban J connectivity index is 1.97. The van der Waals surface area contributed by atoms with Crippen LogP contribution >= 0.6 is 0 Å². The molecule has 25 heavy (non-hydrogen) atoms. The summed E-state index contributed by atoms with van der Waals surface area (Å²) in [4.78, 5) is 29.4. The number of rotatable bonds is 5. The van der Waals surface area contributed by atoms with Gasteiger partial charge in [0.2, 0.25) is 0 Å². The second-order valence-corrected chi connectivity index (χ2v) is 6.48. The lowest BCUT2D eigenvalue weighted by Crippen LogP contribution is -2.28. The first-order valence-corrected chi connectivity index (χ1v) is 8.35. The van der Waals surface area contributed by atoms with Gasteiger partial charge in [-0.2, -0.15) is 0 Å². The van der Waals surface area contributed by atoms with Crippen molar-refractivity contribution in [2.45, 2.75) is 26.9 Å². The van der Waals surface area contributed by atoms with Crippen molar-refractivity contribution in [1.29, 1.82) is 0 Å². The van der Waals surface area contributed by atoms with Crippen LogP contribution in [0.25, 0.3) is 10.8 Å². The zero-order valence-corrected chi connectivity index (χ0v) is 14.4. The molecule has 2 aromatic heterocycles. The predicted octanol–water partition coefficient (Wildman–Crippen LogP) is 2.98. The molecular formula is C20H21N3O2. The molecule has 0 radical (unpaired) electrons. The molecule has 0 spiro atoms. The molecule has 5 heteroatoms. The molecule has 1 N–H and O–H groups in total. The van der Waals surface area contributed by atoms with E-state index in [9.17, 15) is 9.59 Å². The van der Waals surface area contributed by atoms with Crippen LogP contribution in [0.1, 0.15) is 29.8 Å². The minimum atomic E-state index is -0.197. The van der Waals surface area contributed by atoms with E-state index in [0.29, 0.717) is 35.3 Å². The minimum Gasteiger partial charge on any atom is -0.348 e. The number of carbonyl (C=O) groups is 1. The van der Waals surface area contributed by atoms with Crippen molar-refractivity contribution < 1.29 is 4.79 Å². The lowest BCUT2D eigenvalue weighted by atomic mass is 10.1. The average Bonchev–Trinajstić information content (AvgIpc) is 2.62. The summed E-state index contributed by atoms with van der Waals surface area (Å²) < 4.78 is 1.63. The monoisotopic (exact) mass is 335 g/mol. The molecule has 3 rings (SSSR count). The second kappa shape index (κ2) is 7.30. The highest BCUT2D eigenvalue weighted by molar-refractivity contribution is 6.06. The van der Waals surface area contributed by atoms with Gasteiger partial charge in [-0.15, -0.1) is 0 Å². The van der Waals surface area contributed by atoms with E-state index in [1.807, 2.05) is 44.2 Å². The molecule has 1 amide bonds. The highest BCUT2D eigenvalue weighted by atomic mass is 16.2. The summed E-state index contributed by atoms with van der Waals surface area (Å²) in [5, 5.41) is 4.16. The topological polar surface area (TPSA) is 64.0 Å². The first kappa shape index (κ1) is 16.9. The van der Waals surface area contributed by atoms with Crippen LogP contribution in [0, 0.1) is 5.92 Å². The van der Waals surface area contributed by atoms with E-state index in [1.165, 1.54) is 0 Å². The Morgan fingerprint density at radius 1 is 1.16 bits per heavy atom. The lowest BCUT2D eigenvalue weighted by Gasteiger charge is -2.14. The van der Waals surface area contributed by atoms with Crippen molar-refractivity contribution in [2.24, 2.45) is 5.92 Å². The van der Waals surface area contributed by atoms with Gasteiger partial charge in [0.1, 0.15) is 0 Å². The number of nitrogens with zero attached hydrogens (tertiary/aromatic N) is 2. The van der Waals surface area contributed by atoms with E-state index in [0.717, 1.165) is 5.56 Å². The third-order valence-electron chi connectivity index (χ3n) is 3.98. The van der Waals surface area contributed by atoms with Gasteiger partial charge in [-0.3, -0.25) is 14.6 Å². The van der Waals surface area contributed by atoms with Gasteiger partial charge in [-0.25, -0.2) is 0 Å². The maximum absolute atomic E-state index is 12.7. The number of fused-ring (bicyclic) bond motifs is 1. The normalized spacial score (nSPS) is 11.0. The van der Waals surface area contributed by atoms with Gasteiger partial charge in [-0.05, 0) is 23.6 Å². The maximum Gasteiger partial charge on any atom is 0.258 e. The van der Waals surface area contributed by atoms with E-state index in [2.05, 4.69) is 10.3 Å². The Labute approximate surface area is 146 Å². The van der Waals surface area contributed by atoms with Crippen molar-refractivity contribution in [3.05, 3.63) is 76.5 Å². The molecule has 128 valence electrons. The number of amides is 1. The number of aromatic nitrogens is 2. The first-order chi connectivity index (χ1) is 12.1. The first-order valence-electron chi connectivity index (χ1n) is 8.35. The number of benzene rings is 1. The van der Waals surface area contributed by atoms with Crippen LogP contribution in [0.3, 0.4) is 0 Å². The van der Waals surface area contributed by atoms with Gasteiger partial charge in [0, 0.05) is 42.5 Å². The van der Waals surface area contributed by atoms with Crippen LogP contribution < -0.4 is 10.9 Å². The van der Waals surface area contributed by atoms with Gasteiger partial charge in [0.15, 0.2) is 0 Å². The van der Waals surface area contributed by atoms with Crippen LogP contribution in [0.4, 0.5) is 0 Å². The molecule has 1 aromatic carbocycles. The largest absolute Gasteiger partial charge is 0.348 e. The zero-order valence-electron chi connectivity index (χ0n) is 14.4. The standard InChI is InChI=1S/C20H21N3O2/c1-14(2)12-23-13-18(16-7-3-4-8-17(16)20(23)25)19(24)22-11-15-6-5-9-21-10-15/h3-10,13-14H,11-12H2,1-2H3,(H,22,24). The van der Waals surface area contributed by atoms with Gasteiger partial charge >= 0.3 is 0 Å². The summed E-state index contributed by atoms with van der Waals surface area (Å²) in [6, 6.07) is 11.0. The molecule has 0 atom stereocenters. The molecule has 0 saturated carbocycles. The minimum absolute atomic E-state index is 0.0619. The Kier molecular flexibility index (Phi) is 4.93. The highest BCUT2D eigenvalue weighted by Crippen LogP contribution is 2.16. The van der Waals surface area contributed by atoms with Crippen molar-refractivity contribution in [3.8, 4) is 0 Å². The van der Waals surface area contributed by atoms with E-state index >= 15 is 0 Å². The molecule has 0 aliphatic rings. The van der Waals surface area contributed by atoms with Crippen LogP contribution in [0.2, 0.25) is 0 Å². The molecule has 0 bridgehead atoms. The number of pyridine rings is 2. The van der Waals surface area contributed by atoms with Crippen LogP contribution in [0.5, 0.6) is 0 Å². The molecule has 0 unspecified atom stereocenters. The van der Waals surface area contributed by atoms with Crippen molar-refractivity contribution in [3.63, 3.8) is 0 Å². The van der Waals surface area contributed by atoms with Crippen molar-refractivity contribution >= 4 is 16.7 Å². The van der Waals surface area contributed by atoms with E-state index in [-0.39, 0.29) is 11.5 Å². The van der Waals surface area contributed by atoms with Gasteiger partial charge < -0.3 is 9.88 Å². The van der Waals surface area contributed by atoms with E-state index < -0.39 is 0 Å². The smallest absolute Gasteiger partial charge is 0.258 e. The second-order valence-electron chi connectivity index (χ2n) is 6.48. The summed E-state index contributed by atoms with van der Waals surface area (Å²) >= 11 is 0. The number of carbonyl (C=O) groups excluding carboxylic acids is 1. The fourth-order valence-corrected chi connectivity index (χ4v) is 2.83. The molecule has 0 aliphatic heterocycles. The quantitative estimate of drug-likeness (QED) is 0.779. The Morgan fingerprint density at radius 3 is 2.60 bits per heavy atom.